The van der Waals surface area contributed by atoms with E-state index in [0.29, 0.717) is 11.7 Å². The van der Waals surface area contributed by atoms with Crippen molar-refractivity contribution in [1.82, 2.24) is 4.98 Å². The number of hydrogen-bond donors (Lipinski definition) is 1. The van der Waals surface area contributed by atoms with Crippen LogP contribution in [0.1, 0.15) is 140 Å². The SMILES string of the molecule is CCc1[c-]c(-c2cc(C(C)C3CCCCC3)c3ccccc3n2)cc(CC)c1.O=C(/C=C(\O)C1CCCCC1)C1CCCCC1.[Ir]. The van der Waals surface area contributed by atoms with Crippen LogP contribution >= 0.6 is 0 Å². The molecule has 3 aliphatic carbocycles. The van der Waals surface area contributed by atoms with E-state index in [4.69, 9.17) is 4.98 Å². The second-order valence-electron chi connectivity index (χ2n) is 14.1. The van der Waals surface area contributed by atoms with Crippen molar-refractivity contribution in [3.63, 3.8) is 0 Å². The minimum atomic E-state index is 0. The maximum atomic E-state index is 12.0. The molecule has 3 aliphatic rings. The number of aliphatic hydroxyl groups is 1. The Hall–Kier alpha value is -2.29. The Kier molecular flexibility index (Phi) is 14.5. The van der Waals surface area contributed by atoms with Gasteiger partial charge in [-0.05, 0) is 80.5 Å². The summed E-state index contributed by atoms with van der Waals surface area (Å²) in [6, 6.07) is 19.3. The Balaban J connectivity index is 0.000000230. The Morgan fingerprint density at radius 2 is 1.46 bits per heavy atom. The van der Waals surface area contributed by atoms with Crippen LogP contribution in [0, 0.1) is 23.8 Å². The fourth-order valence-corrected chi connectivity index (χ4v) is 8.00. The van der Waals surface area contributed by atoms with Crippen LogP contribution in [0.15, 0.2) is 54.3 Å². The molecular formula is C42H56IrNO2-. The van der Waals surface area contributed by atoms with Crippen molar-refractivity contribution < 1.29 is 30.0 Å². The number of para-hydroxylation sites is 1. The number of ketones is 1. The molecule has 0 aliphatic heterocycles. The number of pyridine rings is 1. The molecule has 0 amide bonds. The molecule has 3 nitrogen and oxygen atoms in total. The maximum Gasteiger partial charge on any atom is 0.162 e. The third-order valence-corrected chi connectivity index (χ3v) is 11.0. The summed E-state index contributed by atoms with van der Waals surface area (Å²) in [5.41, 5.74) is 7.49. The number of benzene rings is 2. The zero-order valence-electron chi connectivity index (χ0n) is 28.6. The quantitative estimate of drug-likeness (QED) is 0.140. The minimum absolute atomic E-state index is 0. The van der Waals surface area contributed by atoms with Crippen LogP contribution in [-0.2, 0) is 37.7 Å². The van der Waals surface area contributed by atoms with Gasteiger partial charge in [-0.1, -0.05) is 103 Å². The molecule has 0 saturated heterocycles. The molecule has 3 fully saturated rings. The van der Waals surface area contributed by atoms with Crippen molar-refractivity contribution in [2.75, 3.05) is 0 Å². The molecule has 1 aromatic heterocycles. The average molecular weight is 799 g/mol. The van der Waals surface area contributed by atoms with Gasteiger partial charge in [0, 0.05) is 43.4 Å². The van der Waals surface area contributed by atoms with Crippen LogP contribution in [0.4, 0.5) is 0 Å². The first-order valence-corrected chi connectivity index (χ1v) is 18.4. The molecule has 46 heavy (non-hydrogen) atoms. The van der Waals surface area contributed by atoms with Gasteiger partial charge in [0.2, 0.25) is 0 Å². The van der Waals surface area contributed by atoms with Crippen molar-refractivity contribution in [3.8, 4) is 11.3 Å². The van der Waals surface area contributed by atoms with E-state index in [9.17, 15) is 9.90 Å². The molecule has 1 heterocycles. The van der Waals surface area contributed by atoms with E-state index in [1.165, 1.54) is 92.7 Å². The van der Waals surface area contributed by atoms with Gasteiger partial charge in [-0.3, -0.25) is 9.78 Å². The largest absolute Gasteiger partial charge is 0.512 e. The van der Waals surface area contributed by atoms with Gasteiger partial charge in [0.25, 0.3) is 0 Å². The summed E-state index contributed by atoms with van der Waals surface area (Å²) in [5, 5.41) is 11.3. The summed E-state index contributed by atoms with van der Waals surface area (Å²) in [7, 11) is 0. The van der Waals surface area contributed by atoms with Gasteiger partial charge < -0.3 is 5.11 Å². The number of aliphatic hydroxyl groups excluding tert-OH is 1. The summed E-state index contributed by atoms with van der Waals surface area (Å²) in [4.78, 5) is 17.1. The molecule has 251 valence electrons. The Bertz CT molecular complexity index is 1400. The number of aryl methyl sites for hydroxylation is 2. The molecule has 3 saturated carbocycles. The van der Waals surface area contributed by atoms with Gasteiger partial charge in [-0.15, -0.1) is 34.9 Å². The van der Waals surface area contributed by atoms with E-state index in [-0.39, 0.29) is 37.7 Å². The van der Waals surface area contributed by atoms with Crippen molar-refractivity contribution >= 4 is 16.7 Å². The average Bonchev–Trinajstić information content (AvgIpc) is 3.11. The van der Waals surface area contributed by atoms with Crippen LogP contribution in [-0.4, -0.2) is 15.9 Å². The van der Waals surface area contributed by atoms with E-state index < -0.39 is 0 Å². The molecule has 1 radical (unpaired) electrons. The summed E-state index contributed by atoms with van der Waals surface area (Å²) in [6.07, 6.45) is 22.0. The number of allylic oxidation sites excluding steroid dienone is 2. The maximum absolute atomic E-state index is 12.0. The van der Waals surface area contributed by atoms with Crippen LogP contribution in [0.5, 0.6) is 0 Å². The number of nitrogens with zero attached hydrogens (tertiary/aromatic N) is 1. The number of rotatable bonds is 8. The first-order valence-electron chi connectivity index (χ1n) is 18.4. The number of fused-ring (bicyclic) bond motifs is 1. The smallest absolute Gasteiger partial charge is 0.162 e. The normalized spacial score (nSPS) is 19.2. The van der Waals surface area contributed by atoms with Gasteiger partial charge in [0.15, 0.2) is 5.78 Å². The second-order valence-corrected chi connectivity index (χ2v) is 14.1. The molecule has 3 aromatic rings. The van der Waals surface area contributed by atoms with E-state index in [0.717, 1.165) is 61.2 Å². The Morgan fingerprint density at radius 1 is 0.848 bits per heavy atom. The molecule has 6 rings (SSSR count). The number of aromatic nitrogens is 1. The zero-order chi connectivity index (χ0) is 31.6. The first-order chi connectivity index (χ1) is 22.0. The van der Waals surface area contributed by atoms with Crippen molar-refractivity contribution in [2.45, 2.75) is 136 Å². The van der Waals surface area contributed by atoms with E-state index in [1.807, 2.05) is 0 Å². The third kappa shape index (κ3) is 9.63. The molecule has 2 aromatic carbocycles. The molecule has 1 N–H and O–H groups in total. The molecule has 4 heteroatoms. The Morgan fingerprint density at radius 3 is 2.09 bits per heavy atom. The van der Waals surface area contributed by atoms with Crippen molar-refractivity contribution in [2.24, 2.45) is 17.8 Å². The minimum Gasteiger partial charge on any atom is -0.512 e. The predicted octanol–water partition coefficient (Wildman–Crippen LogP) is 11.7. The fourth-order valence-electron chi connectivity index (χ4n) is 8.00. The topological polar surface area (TPSA) is 50.2 Å². The molecule has 0 bridgehead atoms. The monoisotopic (exact) mass is 799 g/mol. The van der Waals surface area contributed by atoms with E-state index in [2.05, 4.69) is 69.3 Å². The summed E-state index contributed by atoms with van der Waals surface area (Å²) >= 11 is 0. The second kappa shape index (κ2) is 18.3. The van der Waals surface area contributed by atoms with Crippen LogP contribution in [0.25, 0.3) is 22.2 Å². The predicted molar refractivity (Wildman–Crippen MR) is 189 cm³/mol. The summed E-state index contributed by atoms with van der Waals surface area (Å²) in [6.45, 7) is 6.87. The molecule has 1 atom stereocenters. The zero-order valence-corrected chi connectivity index (χ0v) is 31.0. The van der Waals surface area contributed by atoms with E-state index >= 15 is 0 Å². The summed E-state index contributed by atoms with van der Waals surface area (Å²) < 4.78 is 0. The fraction of sp³-hybridized carbons (Fsp3) is 0.571. The van der Waals surface area contributed by atoms with Crippen LogP contribution < -0.4 is 0 Å². The summed E-state index contributed by atoms with van der Waals surface area (Å²) in [5.74, 6) is 2.36. The molecule has 1 unspecified atom stereocenters. The Labute approximate surface area is 292 Å². The first kappa shape index (κ1) is 36.5. The van der Waals surface area contributed by atoms with Crippen molar-refractivity contribution in [1.29, 1.82) is 0 Å². The van der Waals surface area contributed by atoms with E-state index in [1.54, 1.807) is 6.08 Å². The number of carbonyl (C=O) groups excluding carboxylic acids is 1. The van der Waals surface area contributed by atoms with Gasteiger partial charge in [-0.2, -0.15) is 0 Å². The number of hydrogen-bond acceptors (Lipinski definition) is 3. The van der Waals surface area contributed by atoms with Crippen molar-refractivity contribution in [3.05, 3.63) is 77.1 Å². The van der Waals surface area contributed by atoms with Gasteiger partial charge in [-0.25, -0.2) is 0 Å². The third-order valence-electron chi connectivity index (χ3n) is 11.0. The number of carbonyl (C=O) groups is 1. The molecular weight excluding hydrogens is 743 g/mol. The van der Waals surface area contributed by atoms with Crippen LogP contribution in [0.2, 0.25) is 0 Å². The van der Waals surface area contributed by atoms with Gasteiger partial charge in [0.05, 0.1) is 11.3 Å². The van der Waals surface area contributed by atoms with Gasteiger partial charge in [0.1, 0.15) is 0 Å². The standard InChI is InChI=1S/C27H32N.C15H24O2.Ir/c1-4-20-15-21(5-2)17-23(16-20)27-18-25(19(3)22-11-7-6-8-12-22)24-13-9-10-14-26(24)28-27;16-14(12-7-3-1-4-8-12)11-15(17)13-9-5-2-6-10-13;/h9-10,13-16,18-19,22H,4-8,11-12H2,1-3H3;11-13,16H,1-10H2;/q-1;;/b;14-11-;. The molecule has 0 spiro atoms. The van der Waals surface area contributed by atoms with Gasteiger partial charge >= 0.3 is 0 Å². The van der Waals surface area contributed by atoms with Crippen LogP contribution in [0.3, 0.4) is 0 Å².